The highest BCUT2D eigenvalue weighted by molar-refractivity contribution is 5.77. The minimum atomic E-state index is 0.0661. The van der Waals surface area contributed by atoms with Gasteiger partial charge in [0.1, 0.15) is 23.8 Å². The van der Waals surface area contributed by atoms with Gasteiger partial charge in [0.2, 0.25) is 0 Å². The smallest absolute Gasteiger partial charge is 0.136 e. The number of anilines is 1. The first-order chi connectivity index (χ1) is 13.2. The highest BCUT2D eigenvalue weighted by Crippen LogP contribution is 2.19. The van der Waals surface area contributed by atoms with Crippen LogP contribution in [0, 0.1) is 34.0 Å². The molecular formula is C23H22N4. The third kappa shape index (κ3) is 4.75. The van der Waals surface area contributed by atoms with Crippen LogP contribution in [0.3, 0.4) is 0 Å². The van der Waals surface area contributed by atoms with E-state index in [0.29, 0.717) is 10.8 Å². The van der Waals surface area contributed by atoms with E-state index in [0.717, 1.165) is 42.4 Å². The molecule has 0 aliphatic heterocycles. The van der Waals surface area contributed by atoms with Crippen molar-refractivity contribution in [3.05, 3.63) is 64.5 Å². The van der Waals surface area contributed by atoms with Gasteiger partial charge in [0.05, 0.1) is 5.57 Å². The molecule has 2 rings (SSSR count). The van der Waals surface area contributed by atoms with Gasteiger partial charge in [0, 0.05) is 24.0 Å². The molecule has 4 nitrogen and oxygen atoms in total. The Kier molecular flexibility index (Phi) is 7.18. The Labute approximate surface area is 160 Å². The molecule has 0 aromatic heterocycles. The normalized spacial score (nSPS) is 9.59. The minimum absolute atomic E-state index is 0.0661. The Hall–Kier alpha value is -3.55. The van der Waals surface area contributed by atoms with Crippen LogP contribution in [0.5, 0.6) is 0 Å². The van der Waals surface area contributed by atoms with Crippen molar-refractivity contribution in [1.82, 2.24) is 0 Å². The van der Waals surface area contributed by atoms with E-state index in [1.54, 1.807) is 24.3 Å². The molecule has 0 unspecified atom stereocenters. The van der Waals surface area contributed by atoms with Crippen LogP contribution < -0.4 is 15.3 Å². The Morgan fingerprint density at radius 1 is 0.741 bits per heavy atom. The van der Waals surface area contributed by atoms with E-state index in [-0.39, 0.29) is 5.57 Å². The molecule has 2 aromatic rings. The number of benzene rings is 2. The zero-order valence-corrected chi connectivity index (χ0v) is 15.7. The predicted molar refractivity (Wildman–Crippen MR) is 108 cm³/mol. The third-order valence-electron chi connectivity index (χ3n) is 4.31. The van der Waals surface area contributed by atoms with Gasteiger partial charge in [-0.1, -0.05) is 50.2 Å². The van der Waals surface area contributed by atoms with E-state index in [9.17, 15) is 5.26 Å². The summed E-state index contributed by atoms with van der Waals surface area (Å²) < 4.78 is 0. The van der Waals surface area contributed by atoms with Gasteiger partial charge >= 0.3 is 0 Å². The molecule has 0 atom stereocenters. The first-order valence-corrected chi connectivity index (χ1v) is 9.08. The molecule has 0 saturated heterocycles. The molecule has 0 N–H and O–H groups in total. The van der Waals surface area contributed by atoms with E-state index in [2.05, 4.69) is 36.9 Å². The molecule has 0 saturated carbocycles. The lowest BCUT2D eigenvalue weighted by Gasteiger charge is -2.23. The molecule has 0 aliphatic rings. The van der Waals surface area contributed by atoms with Gasteiger partial charge in [0.25, 0.3) is 0 Å². The van der Waals surface area contributed by atoms with Crippen molar-refractivity contribution in [1.29, 1.82) is 15.8 Å². The highest BCUT2D eigenvalue weighted by atomic mass is 15.1. The Bertz CT molecular complexity index is 983. The van der Waals surface area contributed by atoms with Gasteiger partial charge in [-0.05, 0) is 35.8 Å². The second-order valence-electron chi connectivity index (χ2n) is 6.20. The fraction of sp³-hybridized carbons (Fsp3) is 0.261. The molecule has 134 valence electrons. The van der Waals surface area contributed by atoms with E-state index in [1.165, 1.54) is 0 Å². The lowest BCUT2D eigenvalue weighted by Crippen LogP contribution is -2.24. The van der Waals surface area contributed by atoms with E-state index < -0.39 is 0 Å². The van der Waals surface area contributed by atoms with E-state index >= 15 is 0 Å². The molecule has 0 spiro atoms. The van der Waals surface area contributed by atoms with Crippen LogP contribution in [0.15, 0.2) is 48.5 Å². The maximum atomic E-state index is 9.64. The summed E-state index contributed by atoms with van der Waals surface area (Å²) in [6.07, 6.45) is 2.18. The number of hydrogen-bond acceptors (Lipinski definition) is 4. The summed E-state index contributed by atoms with van der Waals surface area (Å²) in [4.78, 5) is 2.35. The third-order valence-corrected chi connectivity index (χ3v) is 4.31. The molecule has 27 heavy (non-hydrogen) atoms. The number of hydrogen-bond donors (Lipinski definition) is 0. The first-order valence-electron chi connectivity index (χ1n) is 9.08. The van der Waals surface area contributed by atoms with Crippen molar-refractivity contribution < 1.29 is 0 Å². The fourth-order valence-electron chi connectivity index (χ4n) is 3.00. The van der Waals surface area contributed by atoms with Crippen molar-refractivity contribution >= 4 is 16.8 Å². The van der Waals surface area contributed by atoms with E-state index in [4.69, 9.17) is 10.5 Å². The molecule has 4 heteroatoms. The number of nitriles is 3. The first kappa shape index (κ1) is 19.8. The largest absolute Gasteiger partial charge is 0.372 e. The molecule has 0 radical (unpaired) electrons. The van der Waals surface area contributed by atoms with Crippen molar-refractivity contribution in [2.75, 3.05) is 18.0 Å². The zero-order valence-electron chi connectivity index (χ0n) is 15.7. The summed E-state index contributed by atoms with van der Waals surface area (Å²) in [7, 11) is 0. The van der Waals surface area contributed by atoms with Crippen LogP contribution in [0.25, 0.3) is 11.1 Å². The summed E-state index contributed by atoms with van der Waals surface area (Å²) in [6.45, 7) is 6.37. The number of rotatable bonds is 6. The molecule has 0 bridgehead atoms. The van der Waals surface area contributed by atoms with Crippen LogP contribution in [-0.2, 0) is 0 Å². The van der Waals surface area contributed by atoms with Crippen molar-refractivity contribution in [2.45, 2.75) is 26.7 Å². The topological polar surface area (TPSA) is 74.6 Å². The molecule has 0 aliphatic carbocycles. The van der Waals surface area contributed by atoms with Gasteiger partial charge in [0.15, 0.2) is 0 Å². The zero-order chi connectivity index (χ0) is 19.6. The van der Waals surface area contributed by atoms with Gasteiger partial charge in [-0.15, -0.1) is 0 Å². The maximum Gasteiger partial charge on any atom is 0.136 e. The molecular weight excluding hydrogens is 332 g/mol. The molecule has 0 amide bonds. The summed E-state index contributed by atoms with van der Waals surface area (Å²) in [6, 6.07) is 21.1. The van der Waals surface area contributed by atoms with Gasteiger partial charge in [-0.25, -0.2) is 0 Å². The highest BCUT2D eigenvalue weighted by Gasteiger charge is 2.07. The quantitative estimate of drug-likeness (QED) is 0.798. The SMILES string of the molecule is CCCN(CCC)c1ccc(C(C#N)=c2ccc(=C(C#N)C#N)cc2)cc1. The molecule has 0 fully saturated rings. The summed E-state index contributed by atoms with van der Waals surface area (Å²) in [5.41, 5.74) is 2.65. The van der Waals surface area contributed by atoms with Crippen LogP contribution in [0.4, 0.5) is 5.69 Å². The average molecular weight is 354 g/mol. The Morgan fingerprint density at radius 2 is 1.26 bits per heavy atom. The van der Waals surface area contributed by atoms with Crippen molar-refractivity contribution in [2.24, 2.45) is 0 Å². The van der Waals surface area contributed by atoms with Crippen molar-refractivity contribution in [3.63, 3.8) is 0 Å². The maximum absolute atomic E-state index is 9.64. The minimum Gasteiger partial charge on any atom is -0.372 e. The summed E-state index contributed by atoms with van der Waals surface area (Å²) in [5, 5.41) is 28.9. The lowest BCUT2D eigenvalue weighted by atomic mass is 10.0. The van der Waals surface area contributed by atoms with Crippen molar-refractivity contribution in [3.8, 4) is 18.2 Å². The predicted octanol–water partition coefficient (Wildman–Crippen LogP) is 3.23. The average Bonchev–Trinajstić information content (AvgIpc) is 2.71. The standard InChI is InChI=1S/C23H22N4/c1-3-13-27(14-4-2)22-11-9-20(10-12-22)23(17-26)19-7-5-18(6-8-19)21(15-24)16-25/h5-12H,3-4,13-14H2,1-2H3. The second-order valence-corrected chi connectivity index (χ2v) is 6.20. The Balaban J connectivity index is 2.45. The summed E-state index contributed by atoms with van der Waals surface area (Å²) in [5.74, 6) is 0. The number of nitrogens with zero attached hydrogens (tertiary/aromatic N) is 4. The lowest BCUT2D eigenvalue weighted by molar-refractivity contribution is 0.745. The molecule has 0 heterocycles. The van der Waals surface area contributed by atoms with Crippen LogP contribution in [0.2, 0.25) is 0 Å². The van der Waals surface area contributed by atoms with Crippen LogP contribution >= 0.6 is 0 Å². The fourth-order valence-corrected chi connectivity index (χ4v) is 3.00. The van der Waals surface area contributed by atoms with E-state index in [1.807, 2.05) is 24.3 Å². The van der Waals surface area contributed by atoms with Crippen LogP contribution in [0.1, 0.15) is 32.3 Å². The monoisotopic (exact) mass is 354 g/mol. The van der Waals surface area contributed by atoms with Gasteiger partial charge in [-0.2, -0.15) is 15.8 Å². The van der Waals surface area contributed by atoms with Crippen LogP contribution in [-0.4, -0.2) is 13.1 Å². The second kappa shape index (κ2) is 9.81. The van der Waals surface area contributed by atoms with Gasteiger partial charge in [-0.3, -0.25) is 0 Å². The van der Waals surface area contributed by atoms with Gasteiger partial charge < -0.3 is 4.90 Å². The summed E-state index contributed by atoms with van der Waals surface area (Å²) >= 11 is 0. The Morgan fingerprint density at radius 3 is 1.70 bits per heavy atom. The molecule has 2 aromatic carbocycles.